The van der Waals surface area contributed by atoms with Crippen molar-refractivity contribution in [1.29, 1.82) is 0 Å². The summed E-state index contributed by atoms with van der Waals surface area (Å²) < 4.78 is 34.0. The molecule has 12 heteroatoms. The molecular weight excluding hydrogens is 522 g/mol. The number of amidine groups is 1. The molecule has 0 spiro atoms. The second-order valence-electron chi connectivity index (χ2n) is 8.91. The van der Waals surface area contributed by atoms with Gasteiger partial charge in [-0.15, -0.1) is 0 Å². The van der Waals surface area contributed by atoms with Gasteiger partial charge in [0.25, 0.3) is 5.97 Å². The number of aromatic nitrogens is 1. The predicted octanol–water partition coefficient (Wildman–Crippen LogP) is 2.86. The number of carbonyl (C=O) groups is 1. The van der Waals surface area contributed by atoms with Crippen molar-refractivity contribution in [2.75, 3.05) is 26.5 Å². The zero-order valence-corrected chi connectivity index (χ0v) is 22.6. The molecule has 3 heterocycles. The first kappa shape index (κ1) is 27.6. The third kappa shape index (κ3) is 6.01. The maximum absolute atomic E-state index is 11.7. The second-order valence-corrected chi connectivity index (χ2v) is 10.5. The van der Waals surface area contributed by atoms with E-state index < -0.39 is 21.6 Å². The van der Waals surface area contributed by atoms with Crippen molar-refractivity contribution >= 4 is 27.9 Å². The van der Waals surface area contributed by atoms with Crippen LogP contribution in [0.3, 0.4) is 0 Å². The Hall–Kier alpha value is -4.45. The number of guanidine groups is 1. The van der Waals surface area contributed by atoms with Crippen LogP contribution in [0, 0.1) is 0 Å². The maximum Gasteiger partial charge on any atom is 0.306 e. The van der Waals surface area contributed by atoms with Crippen LogP contribution in [-0.2, 0) is 20.5 Å². The summed E-state index contributed by atoms with van der Waals surface area (Å²) in [6.45, 7) is 2.53. The minimum absolute atomic E-state index is 0.169. The molecule has 0 radical (unpaired) electrons. The number of fused-ring (bicyclic) bond motifs is 1. The molecule has 0 bridgehead atoms. The standard InChI is InChI=1S/C25H25N5O4S.C2H4O2/c1-33-21-14-18(15-22(16-21)34-35(2,31)32)17-5-3-6-20(13-17)25(19-7-10-27-11-8-19)23-28-9-4-12-30(23)24(26)29-25;1-2(3)4/h3,5-8,10-11,13-16H,4,9,12H2,1-2H3,(H2,26,29);1H3,(H,3,4). The molecule has 0 saturated heterocycles. The Bertz CT molecular complexity index is 1540. The van der Waals surface area contributed by atoms with E-state index in [1.807, 2.05) is 47.4 Å². The van der Waals surface area contributed by atoms with Crippen LogP contribution in [0.2, 0.25) is 0 Å². The molecule has 2 aliphatic heterocycles. The van der Waals surface area contributed by atoms with E-state index in [2.05, 4.69) is 4.98 Å². The molecule has 0 fully saturated rings. The quantitative estimate of drug-likeness (QED) is 0.440. The summed E-state index contributed by atoms with van der Waals surface area (Å²) in [6.07, 6.45) is 5.37. The summed E-state index contributed by atoms with van der Waals surface area (Å²) in [5.74, 6) is 1.02. The van der Waals surface area contributed by atoms with E-state index in [1.54, 1.807) is 18.5 Å². The molecule has 2 aromatic carbocycles. The fourth-order valence-corrected chi connectivity index (χ4v) is 5.02. The van der Waals surface area contributed by atoms with E-state index in [0.717, 1.165) is 54.2 Å². The SMILES string of the molecule is CC(=O)O.COc1cc(OS(C)(=O)=O)cc(-c2cccc(C3(c4ccncc4)N=C(N)N4CCCN=C43)c2)c1. The Morgan fingerprint density at radius 1 is 1.05 bits per heavy atom. The fraction of sp³-hybridized carbons (Fsp3) is 0.259. The number of pyridine rings is 1. The lowest BCUT2D eigenvalue weighted by Crippen LogP contribution is -2.46. The summed E-state index contributed by atoms with van der Waals surface area (Å²) >= 11 is 0. The second kappa shape index (κ2) is 11.1. The van der Waals surface area contributed by atoms with Gasteiger partial charge in [-0.1, -0.05) is 18.2 Å². The molecule has 2 aliphatic rings. The number of carboxylic acid groups (broad SMARTS) is 1. The zero-order valence-electron chi connectivity index (χ0n) is 21.7. The lowest BCUT2D eigenvalue weighted by molar-refractivity contribution is -0.134. The molecule has 1 unspecified atom stereocenters. The highest BCUT2D eigenvalue weighted by atomic mass is 32.2. The Morgan fingerprint density at radius 2 is 1.74 bits per heavy atom. The van der Waals surface area contributed by atoms with Crippen LogP contribution in [0.15, 0.2) is 77.0 Å². The van der Waals surface area contributed by atoms with Gasteiger partial charge in [0, 0.05) is 38.5 Å². The van der Waals surface area contributed by atoms with Crippen molar-refractivity contribution < 1.29 is 27.2 Å². The molecule has 5 rings (SSSR count). The van der Waals surface area contributed by atoms with Gasteiger partial charge in [0.2, 0.25) is 0 Å². The van der Waals surface area contributed by atoms with Gasteiger partial charge in [-0.25, -0.2) is 4.99 Å². The molecule has 0 amide bonds. The van der Waals surface area contributed by atoms with Gasteiger partial charge in [0.1, 0.15) is 17.3 Å². The number of carboxylic acids is 1. The summed E-state index contributed by atoms with van der Waals surface area (Å²) in [5.41, 5.74) is 8.81. The number of methoxy groups -OCH3 is 1. The molecule has 1 atom stereocenters. The van der Waals surface area contributed by atoms with E-state index in [0.29, 0.717) is 18.3 Å². The van der Waals surface area contributed by atoms with Crippen molar-refractivity contribution in [3.63, 3.8) is 0 Å². The first-order valence-corrected chi connectivity index (χ1v) is 13.8. The van der Waals surface area contributed by atoms with Crippen LogP contribution < -0.4 is 14.7 Å². The normalized spacial score (nSPS) is 18.2. The molecule has 204 valence electrons. The minimum atomic E-state index is -3.70. The molecule has 11 nitrogen and oxygen atoms in total. The highest BCUT2D eigenvalue weighted by Crippen LogP contribution is 2.42. The third-order valence-corrected chi connectivity index (χ3v) is 6.51. The van der Waals surface area contributed by atoms with E-state index in [1.165, 1.54) is 13.2 Å². The van der Waals surface area contributed by atoms with Gasteiger partial charge < -0.3 is 19.8 Å². The van der Waals surface area contributed by atoms with E-state index in [-0.39, 0.29) is 5.75 Å². The van der Waals surface area contributed by atoms with Gasteiger partial charge in [-0.05, 0) is 59.0 Å². The number of aliphatic carboxylic acids is 1. The molecule has 3 aromatic rings. The highest BCUT2D eigenvalue weighted by Gasteiger charge is 2.49. The Balaban J connectivity index is 0.000000826. The summed E-state index contributed by atoms with van der Waals surface area (Å²) in [4.78, 5) is 25.0. The number of benzene rings is 2. The summed E-state index contributed by atoms with van der Waals surface area (Å²) in [6, 6.07) is 16.7. The van der Waals surface area contributed by atoms with Crippen LogP contribution in [0.5, 0.6) is 11.5 Å². The van der Waals surface area contributed by atoms with Gasteiger partial charge in [0.05, 0.1) is 13.4 Å². The number of nitrogens with two attached hydrogens (primary N) is 1. The van der Waals surface area contributed by atoms with Gasteiger partial charge in [-0.2, -0.15) is 8.42 Å². The molecule has 3 N–H and O–H groups in total. The van der Waals surface area contributed by atoms with Crippen LogP contribution in [0.1, 0.15) is 24.5 Å². The van der Waals surface area contributed by atoms with Crippen LogP contribution in [0.4, 0.5) is 0 Å². The number of aliphatic imine (C=N–C) groups is 2. The van der Waals surface area contributed by atoms with Crippen molar-refractivity contribution in [2.24, 2.45) is 15.7 Å². The molecule has 0 saturated carbocycles. The lowest BCUT2D eigenvalue weighted by atomic mass is 9.81. The Labute approximate surface area is 226 Å². The smallest absolute Gasteiger partial charge is 0.306 e. The number of ether oxygens (including phenoxy) is 1. The van der Waals surface area contributed by atoms with Crippen LogP contribution in [0.25, 0.3) is 11.1 Å². The van der Waals surface area contributed by atoms with Gasteiger partial charge in [-0.3, -0.25) is 19.7 Å². The van der Waals surface area contributed by atoms with Crippen LogP contribution >= 0.6 is 0 Å². The number of hydrogen-bond donors (Lipinski definition) is 2. The van der Waals surface area contributed by atoms with Crippen molar-refractivity contribution in [1.82, 2.24) is 9.88 Å². The fourth-order valence-electron chi connectivity index (χ4n) is 4.57. The maximum atomic E-state index is 11.7. The van der Waals surface area contributed by atoms with E-state index in [9.17, 15) is 8.42 Å². The minimum Gasteiger partial charge on any atom is -0.497 e. The number of nitrogens with zero attached hydrogens (tertiary/aromatic N) is 4. The molecular formula is C27H29N5O6S. The lowest BCUT2D eigenvalue weighted by Gasteiger charge is -2.33. The van der Waals surface area contributed by atoms with Crippen LogP contribution in [-0.4, -0.2) is 67.6 Å². The van der Waals surface area contributed by atoms with E-state index >= 15 is 0 Å². The monoisotopic (exact) mass is 551 g/mol. The third-order valence-electron chi connectivity index (χ3n) is 6.01. The summed E-state index contributed by atoms with van der Waals surface area (Å²) in [5, 5.41) is 7.42. The first-order chi connectivity index (χ1) is 18.5. The largest absolute Gasteiger partial charge is 0.497 e. The topological polar surface area (TPSA) is 157 Å². The average Bonchev–Trinajstić information content (AvgIpc) is 3.21. The van der Waals surface area contributed by atoms with Crippen molar-refractivity contribution in [2.45, 2.75) is 18.9 Å². The zero-order chi connectivity index (χ0) is 28.2. The molecule has 1 aromatic heterocycles. The number of rotatable bonds is 6. The first-order valence-electron chi connectivity index (χ1n) is 12.0. The predicted molar refractivity (Wildman–Crippen MR) is 147 cm³/mol. The Kier molecular flexibility index (Phi) is 7.86. The van der Waals surface area contributed by atoms with Gasteiger partial charge >= 0.3 is 10.1 Å². The summed E-state index contributed by atoms with van der Waals surface area (Å²) in [7, 11) is -2.18. The van der Waals surface area contributed by atoms with Gasteiger partial charge in [0.15, 0.2) is 11.5 Å². The van der Waals surface area contributed by atoms with Crippen molar-refractivity contribution in [3.8, 4) is 22.6 Å². The van der Waals surface area contributed by atoms with Crippen molar-refractivity contribution in [3.05, 3.63) is 78.1 Å². The Morgan fingerprint density at radius 3 is 2.41 bits per heavy atom. The van der Waals surface area contributed by atoms with E-state index in [4.69, 9.17) is 34.5 Å². The molecule has 39 heavy (non-hydrogen) atoms. The number of hydrogen-bond acceptors (Lipinski definition) is 10. The average molecular weight is 552 g/mol. The highest BCUT2D eigenvalue weighted by molar-refractivity contribution is 7.86. The molecule has 0 aliphatic carbocycles.